The fourth-order valence-corrected chi connectivity index (χ4v) is 2.55. The van der Waals surface area contributed by atoms with Crippen molar-refractivity contribution in [1.29, 1.82) is 0 Å². The van der Waals surface area contributed by atoms with E-state index in [9.17, 15) is 4.39 Å². The van der Waals surface area contributed by atoms with Gasteiger partial charge in [-0.05, 0) is 31.9 Å². The molecule has 18 heavy (non-hydrogen) atoms. The maximum atomic E-state index is 13.9. The van der Waals surface area contributed by atoms with E-state index in [0.717, 1.165) is 31.7 Å². The van der Waals surface area contributed by atoms with E-state index in [1.807, 2.05) is 20.0 Å². The Kier molecular flexibility index (Phi) is 4.19. The summed E-state index contributed by atoms with van der Waals surface area (Å²) in [6.45, 7) is 3.37. The lowest BCUT2D eigenvalue weighted by atomic mass is 10.0. The molecule has 2 N–H and O–H groups in total. The first-order chi connectivity index (χ1) is 8.61. The number of nitrogens with two attached hydrogens (primary N) is 1. The Morgan fingerprint density at radius 2 is 2.06 bits per heavy atom. The van der Waals surface area contributed by atoms with Gasteiger partial charge in [0.25, 0.3) is 0 Å². The zero-order valence-corrected chi connectivity index (χ0v) is 11.0. The summed E-state index contributed by atoms with van der Waals surface area (Å²) < 4.78 is 19.3. The van der Waals surface area contributed by atoms with E-state index in [0.29, 0.717) is 11.6 Å². The highest BCUT2D eigenvalue weighted by Crippen LogP contribution is 2.30. The summed E-state index contributed by atoms with van der Waals surface area (Å²) in [6, 6.07) is 5.26. The van der Waals surface area contributed by atoms with Crippen LogP contribution in [-0.2, 0) is 4.74 Å². The largest absolute Gasteiger partial charge is 0.381 e. The molecule has 100 valence electrons. The van der Waals surface area contributed by atoms with Gasteiger partial charge in [-0.15, -0.1) is 0 Å². The predicted octanol–water partition coefficient (Wildman–Crippen LogP) is 2.46. The number of ether oxygens (including phenoxy) is 1. The van der Waals surface area contributed by atoms with E-state index >= 15 is 0 Å². The van der Waals surface area contributed by atoms with Gasteiger partial charge in [-0.3, -0.25) is 0 Å². The van der Waals surface area contributed by atoms with Crippen molar-refractivity contribution in [3.8, 4) is 0 Å². The minimum Gasteiger partial charge on any atom is -0.381 e. The SMILES string of the molecule is CC(N)c1c(F)cccc1N(C)C1CCOCC1. The van der Waals surface area contributed by atoms with Crippen LogP contribution in [0.4, 0.5) is 10.1 Å². The number of hydrogen-bond acceptors (Lipinski definition) is 3. The van der Waals surface area contributed by atoms with Crippen LogP contribution >= 0.6 is 0 Å². The fraction of sp³-hybridized carbons (Fsp3) is 0.571. The minimum absolute atomic E-state index is 0.221. The highest BCUT2D eigenvalue weighted by atomic mass is 19.1. The number of anilines is 1. The maximum absolute atomic E-state index is 13.9. The molecule has 0 spiro atoms. The summed E-state index contributed by atoms with van der Waals surface area (Å²) >= 11 is 0. The summed E-state index contributed by atoms with van der Waals surface area (Å²) in [5.74, 6) is -0.221. The van der Waals surface area contributed by atoms with Gasteiger partial charge in [0, 0.05) is 43.6 Å². The first-order valence-corrected chi connectivity index (χ1v) is 6.46. The van der Waals surface area contributed by atoms with Crippen molar-refractivity contribution in [3.63, 3.8) is 0 Å². The van der Waals surface area contributed by atoms with E-state index in [1.165, 1.54) is 6.07 Å². The van der Waals surface area contributed by atoms with E-state index in [1.54, 1.807) is 6.07 Å². The molecule has 2 rings (SSSR count). The number of halogens is 1. The van der Waals surface area contributed by atoms with Crippen molar-refractivity contribution in [2.45, 2.75) is 31.8 Å². The molecule has 1 saturated heterocycles. The van der Waals surface area contributed by atoms with E-state index in [4.69, 9.17) is 10.5 Å². The summed E-state index contributed by atoms with van der Waals surface area (Å²) in [5.41, 5.74) is 7.39. The molecule has 4 heteroatoms. The highest BCUT2D eigenvalue weighted by Gasteiger charge is 2.22. The lowest BCUT2D eigenvalue weighted by Gasteiger charge is -2.34. The van der Waals surface area contributed by atoms with Crippen molar-refractivity contribution in [2.24, 2.45) is 5.73 Å². The molecule has 1 aromatic rings. The molecule has 1 heterocycles. The van der Waals surface area contributed by atoms with Crippen LogP contribution in [0.25, 0.3) is 0 Å². The van der Waals surface area contributed by atoms with Gasteiger partial charge in [0.1, 0.15) is 5.82 Å². The average molecular weight is 252 g/mol. The lowest BCUT2D eigenvalue weighted by molar-refractivity contribution is 0.0854. The van der Waals surface area contributed by atoms with Crippen LogP contribution in [-0.4, -0.2) is 26.3 Å². The van der Waals surface area contributed by atoms with Gasteiger partial charge in [-0.2, -0.15) is 0 Å². The molecule has 0 amide bonds. The van der Waals surface area contributed by atoms with Crippen molar-refractivity contribution in [3.05, 3.63) is 29.6 Å². The molecule has 1 aromatic carbocycles. The zero-order valence-electron chi connectivity index (χ0n) is 11.0. The normalized spacial score (nSPS) is 18.7. The Labute approximate surface area is 108 Å². The first kappa shape index (κ1) is 13.3. The number of nitrogens with zero attached hydrogens (tertiary/aromatic N) is 1. The van der Waals surface area contributed by atoms with Crippen molar-refractivity contribution in [2.75, 3.05) is 25.2 Å². The third-order valence-electron chi connectivity index (χ3n) is 3.60. The van der Waals surface area contributed by atoms with Crippen LogP contribution in [0, 0.1) is 5.82 Å². The van der Waals surface area contributed by atoms with Crippen molar-refractivity contribution < 1.29 is 9.13 Å². The second kappa shape index (κ2) is 5.67. The second-order valence-electron chi connectivity index (χ2n) is 4.92. The van der Waals surface area contributed by atoms with Gasteiger partial charge < -0.3 is 15.4 Å². The Hall–Kier alpha value is -1.13. The molecule has 0 aliphatic carbocycles. The molecule has 0 bridgehead atoms. The number of rotatable bonds is 3. The molecule has 0 aromatic heterocycles. The molecule has 1 atom stereocenters. The zero-order chi connectivity index (χ0) is 13.1. The third kappa shape index (κ3) is 2.65. The summed E-state index contributed by atoms with van der Waals surface area (Å²) in [7, 11) is 2.01. The van der Waals surface area contributed by atoms with Gasteiger partial charge in [0.15, 0.2) is 0 Å². The van der Waals surface area contributed by atoms with Gasteiger partial charge >= 0.3 is 0 Å². The fourth-order valence-electron chi connectivity index (χ4n) is 2.55. The standard InChI is InChI=1S/C14H21FN2O/c1-10(16)14-12(15)4-3-5-13(14)17(2)11-6-8-18-9-7-11/h3-5,10-11H,6-9,16H2,1-2H3. The Morgan fingerprint density at radius 1 is 1.39 bits per heavy atom. The molecule has 1 fully saturated rings. The summed E-state index contributed by atoms with van der Waals surface area (Å²) in [6.07, 6.45) is 1.96. The topological polar surface area (TPSA) is 38.5 Å². The quantitative estimate of drug-likeness (QED) is 0.898. The van der Waals surface area contributed by atoms with Crippen molar-refractivity contribution >= 4 is 5.69 Å². The van der Waals surface area contributed by atoms with Gasteiger partial charge in [0.05, 0.1) is 0 Å². The maximum Gasteiger partial charge on any atom is 0.130 e. The predicted molar refractivity (Wildman–Crippen MR) is 71.2 cm³/mol. The van der Waals surface area contributed by atoms with E-state index in [-0.39, 0.29) is 11.9 Å². The van der Waals surface area contributed by atoms with Crippen LogP contribution in [0.3, 0.4) is 0 Å². The molecule has 1 aliphatic heterocycles. The van der Waals surface area contributed by atoms with Crippen LogP contribution in [0.1, 0.15) is 31.4 Å². The van der Waals surface area contributed by atoms with Gasteiger partial charge in [0.2, 0.25) is 0 Å². The van der Waals surface area contributed by atoms with Crippen LogP contribution in [0.5, 0.6) is 0 Å². The van der Waals surface area contributed by atoms with E-state index < -0.39 is 0 Å². The molecular formula is C14H21FN2O. The van der Waals surface area contributed by atoms with Crippen LogP contribution < -0.4 is 10.6 Å². The number of benzene rings is 1. The lowest BCUT2D eigenvalue weighted by Crippen LogP contribution is -2.37. The second-order valence-corrected chi connectivity index (χ2v) is 4.92. The first-order valence-electron chi connectivity index (χ1n) is 6.46. The van der Waals surface area contributed by atoms with Crippen LogP contribution in [0.15, 0.2) is 18.2 Å². The summed E-state index contributed by atoms with van der Waals surface area (Å²) in [5, 5.41) is 0. The molecule has 0 radical (unpaired) electrons. The monoisotopic (exact) mass is 252 g/mol. The van der Waals surface area contributed by atoms with Gasteiger partial charge in [-0.1, -0.05) is 6.07 Å². The molecule has 3 nitrogen and oxygen atoms in total. The Balaban J connectivity index is 2.28. The molecular weight excluding hydrogens is 231 g/mol. The van der Waals surface area contributed by atoms with Crippen molar-refractivity contribution in [1.82, 2.24) is 0 Å². The summed E-state index contributed by atoms with van der Waals surface area (Å²) in [4.78, 5) is 2.14. The number of hydrogen-bond donors (Lipinski definition) is 1. The Bertz CT molecular complexity index is 403. The minimum atomic E-state index is -0.302. The third-order valence-corrected chi connectivity index (χ3v) is 3.60. The smallest absolute Gasteiger partial charge is 0.130 e. The highest BCUT2D eigenvalue weighted by molar-refractivity contribution is 5.55. The van der Waals surface area contributed by atoms with E-state index in [2.05, 4.69) is 4.90 Å². The molecule has 1 unspecified atom stereocenters. The van der Waals surface area contributed by atoms with Gasteiger partial charge in [-0.25, -0.2) is 4.39 Å². The molecule has 1 aliphatic rings. The van der Waals surface area contributed by atoms with Crippen LogP contribution in [0.2, 0.25) is 0 Å². The average Bonchev–Trinajstić information content (AvgIpc) is 2.38. The molecule has 0 saturated carbocycles. The Morgan fingerprint density at radius 3 is 2.67 bits per heavy atom.